The van der Waals surface area contributed by atoms with Crippen molar-refractivity contribution in [2.75, 3.05) is 18.6 Å². The number of anilines is 1. The molecule has 4 atom stereocenters. The van der Waals surface area contributed by atoms with E-state index in [0.29, 0.717) is 5.06 Å². The summed E-state index contributed by atoms with van der Waals surface area (Å²) in [5.41, 5.74) is 0.115. The topological polar surface area (TPSA) is 194 Å². The van der Waals surface area contributed by atoms with E-state index in [0.717, 1.165) is 0 Å². The molecule has 13 nitrogen and oxygen atoms in total. The highest BCUT2D eigenvalue weighted by Crippen LogP contribution is 2.39. The van der Waals surface area contributed by atoms with Crippen LogP contribution in [0.5, 0.6) is 0 Å². The van der Waals surface area contributed by atoms with Gasteiger partial charge in [-0.25, -0.2) is 14.6 Å². The van der Waals surface area contributed by atoms with Crippen LogP contribution in [0.15, 0.2) is 6.33 Å². The fourth-order valence-corrected chi connectivity index (χ4v) is 2.86. The number of nitrogens with one attached hydrogen (secondary N) is 2. The highest BCUT2D eigenvalue weighted by atomic mass is 31.2. The van der Waals surface area contributed by atoms with Crippen molar-refractivity contribution in [1.29, 1.82) is 5.41 Å². The number of aliphatic hydroxyl groups is 2. The number of aliphatic hydroxyl groups excluding tert-OH is 2. The monoisotopic (exact) mass is 365 g/mol. The Morgan fingerprint density at radius 2 is 2.17 bits per heavy atom. The Morgan fingerprint density at radius 3 is 2.83 bits per heavy atom. The number of rotatable bonds is 4. The Kier molecular flexibility index (Phi) is 4.36. The second-order valence-corrected chi connectivity index (χ2v) is 6.50. The van der Waals surface area contributed by atoms with E-state index in [9.17, 15) is 20.0 Å². The molecule has 0 spiro atoms. The molecular weight excluding hydrogens is 349 g/mol. The van der Waals surface area contributed by atoms with Gasteiger partial charge in [-0.1, -0.05) is 0 Å². The molecule has 2 aliphatic heterocycles. The summed E-state index contributed by atoms with van der Waals surface area (Å²) in [6.45, 7) is -0.711. The van der Waals surface area contributed by atoms with E-state index < -0.39 is 39.0 Å². The Bertz CT molecular complexity index is 691. The first-order chi connectivity index (χ1) is 11.2. The summed E-state index contributed by atoms with van der Waals surface area (Å²) in [5.74, 6) is 0.0371. The third kappa shape index (κ3) is 3.03. The molecule has 3 rings (SSSR count). The molecule has 1 aromatic rings. The molecule has 1 fully saturated rings. The van der Waals surface area contributed by atoms with Gasteiger partial charge in [-0.15, -0.1) is 0 Å². The van der Waals surface area contributed by atoms with Crippen LogP contribution in [0.2, 0.25) is 0 Å². The lowest BCUT2D eigenvalue weighted by atomic mass is 10.1. The van der Waals surface area contributed by atoms with Crippen molar-refractivity contribution in [1.82, 2.24) is 14.6 Å². The molecule has 14 heteroatoms. The van der Waals surface area contributed by atoms with Gasteiger partial charge in [0.25, 0.3) is 0 Å². The molecule has 1 aromatic heterocycles. The van der Waals surface area contributed by atoms with Crippen molar-refractivity contribution in [3.63, 3.8) is 0 Å². The van der Waals surface area contributed by atoms with Crippen LogP contribution < -0.4 is 5.32 Å². The van der Waals surface area contributed by atoms with Gasteiger partial charge in [0.15, 0.2) is 12.1 Å². The molecule has 7 N–H and O–H groups in total. The Labute approximate surface area is 134 Å². The van der Waals surface area contributed by atoms with E-state index in [1.807, 2.05) is 0 Å². The minimum atomic E-state index is -4.74. The van der Waals surface area contributed by atoms with Crippen LogP contribution in [0, 0.1) is 5.41 Å². The molecule has 0 aromatic carbocycles. The first-order valence-corrected chi connectivity index (χ1v) is 8.30. The average molecular weight is 365 g/mol. The Balaban J connectivity index is 1.80. The summed E-state index contributed by atoms with van der Waals surface area (Å²) in [4.78, 5) is 21.4. The van der Waals surface area contributed by atoms with Crippen LogP contribution in [0.25, 0.3) is 0 Å². The fourth-order valence-electron chi connectivity index (χ4n) is 2.52. The number of aromatic nitrogens is 2. The zero-order valence-electron chi connectivity index (χ0n) is 12.1. The number of hydroxylamine groups is 2. The van der Waals surface area contributed by atoms with Gasteiger partial charge in [0.1, 0.15) is 36.5 Å². The summed E-state index contributed by atoms with van der Waals surface area (Å²) in [6, 6.07) is 0. The van der Waals surface area contributed by atoms with E-state index in [1.54, 1.807) is 0 Å². The van der Waals surface area contributed by atoms with Crippen LogP contribution in [-0.4, -0.2) is 77.2 Å². The molecule has 24 heavy (non-hydrogen) atoms. The molecule has 1 saturated heterocycles. The Hall–Kier alpha value is -1.57. The van der Waals surface area contributed by atoms with Crippen LogP contribution in [0.4, 0.5) is 5.82 Å². The Morgan fingerprint density at radius 1 is 1.46 bits per heavy atom. The third-order valence-corrected chi connectivity index (χ3v) is 4.18. The van der Waals surface area contributed by atoms with Crippen molar-refractivity contribution < 1.29 is 39.0 Å². The summed E-state index contributed by atoms with van der Waals surface area (Å²) in [5, 5.41) is 40.7. The maximum Gasteiger partial charge on any atom is 0.469 e. The molecule has 0 radical (unpaired) electrons. The molecular formula is C10H16N5O8P. The van der Waals surface area contributed by atoms with Gasteiger partial charge in [-0.2, -0.15) is 0 Å². The van der Waals surface area contributed by atoms with Crippen molar-refractivity contribution in [2.45, 2.75) is 24.5 Å². The molecule has 2 aliphatic rings. The molecule has 0 aliphatic carbocycles. The first-order valence-electron chi connectivity index (χ1n) is 6.77. The van der Waals surface area contributed by atoms with Crippen molar-refractivity contribution in [2.24, 2.45) is 0 Å². The zero-order chi connectivity index (χ0) is 17.6. The first kappa shape index (κ1) is 17.3. The molecule has 0 unspecified atom stereocenters. The highest BCUT2D eigenvalue weighted by Gasteiger charge is 2.45. The van der Waals surface area contributed by atoms with Crippen molar-refractivity contribution in [3.8, 4) is 0 Å². The van der Waals surface area contributed by atoms with E-state index >= 15 is 0 Å². The molecule has 0 amide bonds. The number of ether oxygens (including phenoxy) is 1. The molecule has 0 saturated carbocycles. The predicted molar refractivity (Wildman–Crippen MR) is 75.1 cm³/mol. The number of fused-ring (bicyclic) bond motifs is 1. The van der Waals surface area contributed by atoms with Crippen LogP contribution >= 0.6 is 7.82 Å². The fraction of sp³-hybridized carbons (Fsp3) is 0.600. The number of amidine groups is 1. The van der Waals surface area contributed by atoms with Crippen LogP contribution in [-0.2, 0) is 13.8 Å². The van der Waals surface area contributed by atoms with E-state index in [2.05, 4.69) is 14.8 Å². The van der Waals surface area contributed by atoms with Crippen molar-refractivity contribution in [3.05, 3.63) is 12.0 Å². The second kappa shape index (κ2) is 6.06. The molecule has 0 bridgehead atoms. The maximum absolute atomic E-state index is 10.7. The average Bonchev–Trinajstić information content (AvgIpc) is 3.04. The summed E-state index contributed by atoms with van der Waals surface area (Å²) in [7, 11) is -4.74. The third-order valence-electron chi connectivity index (χ3n) is 3.69. The van der Waals surface area contributed by atoms with Gasteiger partial charge in [-0.3, -0.25) is 19.7 Å². The summed E-state index contributed by atoms with van der Waals surface area (Å²) < 4.78 is 21.8. The van der Waals surface area contributed by atoms with Crippen molar-refractivity contribution >= 4 is 19.5 Å². The van der Waals surface area contributed by atoms with Gasteiger partial charge in [-0.05, 0) is 0 Å². The lowest BCUT2D eigenvalue weighted by molar-refractivity contribution is -0.0517. The largest absolute Gasteiger partial charge is 0.469 e. The van der Waals surface area contributed by atoms with E-state index in [4.69, 9.17) is 19.9 Å². The smallest absolute Gasteiger partial charge is 0.387 e. The SMILES string of the molecule is N=C1c2ncn([C@@H]3O[C@H](COP(=O)(O)O)[C@@H](O)[C@H]3O)c2NCN1O. The van der Waals surface area contributed by atoms with Gasteiger partial charge >= 0.3 is 7.82 Å². The lowest BCUT2D eigenvalue weighted by Crippen LogP contribution is -2.38. The normalized spacial score (nSPS) is 30.4. The second-order valence-electron chi connectivity index (χ2n) is 5.26. The van der Waals surface area contributed by atoms with Gasteiger partial charge in [0.2, 0.25) is 0 Å². The number of hydrogen-bond acceptors (Lipinski definition) is 9. The number of phosphoric acid groups is 1. The van der Waals surface area contributed by atoms with Gasteiger partial charge < -0.3 is 30.1 Å². The number of nitrogens with zero attached hydrogens (tertiary/aromatic N) is 3. The minimum absolute atomic E-state index is 0.0896. The standard InChI is InChI=1S/C10H16N5O8P/c11-8-5-9(13-3-15(8)18)14(2-12-5)10-7(17)6(16)4(23-10)1-22-24(19,20)21/h2,4,6-7,10-11,13,16-18H,1,3H2,(H2,19,20,21)/t4-,6-,7-,10-/m1/s1. The van der Waals surface area contributed by atoms with E-state index in [-0.39, 0.29) is 24.0 Å². The quantitative estimate of drug-likeness (QED) is 0.292. The van der Waals surface area contributed by atoms with E-state index in [1.165, 1.54) is 10.9 Å². The maximum atomic E-state index is 10.7. The highest BCUT2D eigenvalue weighted by molar-refractivity contribution is 7.46. The zero-order valence-corrected chi connectivity index (χ0v) is 12.9. The van der Waals surface area contributed by atoms with Crippen LogP contribution in [0.1, 0.15) is 11.9 Å². The van der Waals surface area contributed by atoms with Crippen LogP contribution in [0.3, 0.4) is 0 Å². The lowest BCUT2D eigenvalue weighted by Gasteiger charge is -2.26. The number of imidazole rings is 1. The number of phosphoric ester groups is 1. The van der Waals surface area contributed by atoms with Gasteiger partial charge in [0, 0.05) is 0 Å². The minimum Gasteiger partial charge on any atom is -0.387 e. The summed E-state index contributed by atoms with van der Waals surface area (Å²) >= 11 is 0. The summed E-state index contributed by atoms with van der Waals surface area (Å²) in [6.07, 6.45) is -3.91. The molecule has 3 heterocycles. The predicted octanol–water partition coefficient (Wildman–Crippen LogP) is -1.99. The molecule has 134 valence electrons. The number of hydrogen-bond donors (Lipinski definition) is 7. The van der Waals surface area contributed by atoms with Gasteiger partial charge in [0.05, 0.1) is 12.9 Å².